The van der Waals surface area contributed by atoms with E-state index in [4.69, 9.17) is 9.47 Å². The van der Waals surface area contributed by atoms with Crippen LogP contribution in [0, 0.1) is 0 Å². The quantitative estimate of drug-likeness (QED) is 0.405. The Morgan fingerprint density at radius 3 is 2.48 bits per heavy atom. The molecule has 0 spiro atoms. The van der Waals surface area contributed by atoms with Crippen LogP contribution >= 0.6 is 11.3 Å². The number of hydrogen-bond donors (Lipinski definition) is 1. The summed E-state index contributed by atoms with van der Waals surface area (Å²) in [5, 5.41) is 4.75. The number of nitrogens with one attached hydrogen (secondary N) is 1. The molecule has 7 nitrogen and oxygen atoms in total. The normalized spacial score (nSPS) is 13.3. The number of allylic oxidation sites excluding steroid dienone is 1. The lowest BCUT2D eigenvalue weighted by molar-refractivity contribution is 0.102. The highest BCUT2D eigenvalue weighted by Crippen LogP contribution is 2.35. The maximum Gasteiger partial charge on any atom is 0.257 e. The molecule has 3 aromatic rings. The van der Waals surface area contributed by atoms with Crippen LogP contribution in [-0.4, -0.2) is 31.2 Å². The van der Waals surface area contributed by atoms with Gasteiger partial charge in [-0.05, 0) is 69.2 Å². The van der Waals surface area contributed by atoms with Crippen molar-refractivity contribution in [3.8, 4) is 17.2 Å². The number of hydrogen-bond acceptors (Lipinski definition) is 7. The van der Waals surface area contributed by atoms with Crippen molar-refractivity contribution in [1.29, 1.82) is 0 Å². The van der Waals surface area contributed by atoms with Crippen molar-refractivity contribution in [3.05, 3.63) is 71.3 Å². The Hall–Kier alpha value is -3.17. The van der Waals surface area contributed by atoms with Gasteiger partial charge in [0, 0.05) is 23.2 Å². The van der Waals surface area contributed by atoms with Crippen molar-refractivity contribution in [3.63, 3.8) is 0 Å². The number of thiazole rings is 1. The third-order valence-electron chi connectivity index (χ3n) is 4.89. The van der Waals surface area contributed by atoms with Gasteiger partial charge >= 0.3 is 0 Å². The fraction of sp³-hybridized carbons (Fsp3) is 0.250. The minimum absolute atomic E-state index is 0.266. The van der Waals surface area contributed by atoms with Crippen molar-refractivity contribution in [2.75, 3.05) is 11.9 Å². The second kappa shape index (κ2) is 9.76. The number of amides is 1. The lowest BCUT2D eigenvalue weighted by atomic mass is 10.2. The molecule has 1 saturated carbocycles. The van der Waals surface area contributed by atoms with Gasteiger partial charge in [-0.2, -0.15) is 0 Å². The van der Waals surface area contributed by atoms with Crippen LogP contribution in [0.4, 0.5) is 5.13 Å². The van der Waals surface area contributed by atoms with Crippen molar-refractivity contribution in [1.82, 2.24) is 4.98 Å². The van der Waals surface area contributed by atoms with Gasteiger partial charge < -0.3 is 9.47 Å². The second-order valence-corrected chi connectivity index (χ2v) is 11.0. The molecular weight excluding hydrogens is 460 g/mol. The molecule has 0 radical (unpaired) electrons. The zero-order valence-corrected chi connectivity index (χ0v) is 19.9. The van der Waals surface area contributed by atoms with Gasteiger partial charge in [-0.15, -0.1) is 11.3 Å². The molecule has 0 saturated heterocycles. The number of carbonyl (C=O) groups excluding carboxylic acids is 1. The average molecular weight is 485 g/mol. The van der Waals surface area contributed by atoms with E-state index in [9.17, 15) is 13.2 Å². The lowest BCUT2D eigenvalue weighted by Crippen LogP contribution is -2.12. The Balaban J connectivity index is 1.56. The Labute approximate surface area is 197 Å². The topological polar surface area (TPSA) is 94.6 Å². The van der Waals surface area contributed by atoms with Gasteiger partial charge in [0.15, 0.2) is 15.0 Å². The SMILES string of the molecule is CC(C)=CCOc1cc(Oc2ccc(S(=O)(=O)C3CC3)cc2)cc(C(=O)Nc2nccs2)c1. The van der Waals surface area contributed by atoms with Gasteiger partial charge in [-0.25, -0.2) is 13.4 Å². The molecule has 0 aliphatic heterocycles. The van der Waals surface area contributed by atoms with Crippen LogP contribution in [0.15, 0.2) is 70.6 Å². The summed E-state index contributed by atoms with van der Waals surface area (Å²) in [5.41, 5.74) is 1.47. The first-order valence-corrected chi connectivity index (χ1v) is 12.9. The number of benzene rings is 2. The highest BCUT2D eigenvalue weighted by molar-refractivity contribution is 7.92. The van der Waals surface area contributed by atoms with E-state index < -0.39 is 9.84 Å². The molecule has 1 aromatic heterocycles. The van der Waals surface area contributed by atoms with E-state index in [2.05, 4.69) is 10.3 Å². The van der Waals surface area contributed by atoms with Crippen molar-refractivity contribution >= 4 is 32.2 Å². The fourth-order valence-corrected chi connectivity index (χ4v) is 5.19. The van der Waals surface area contributed by atoms with E-state index in [0.717, 1.165) is 5.57 Å². The van der Waals surface area contributed by atoms with Gasteiger partial charge in [0.1, 0.15) is 23.9 Å². The minimum Gasteiger partial charge on any atom is -0.489 e. The molecule has 0 bridgehead atoms. The first-order valence-electron chi connectivity index (χ1n) is 10.5. The molecule has 0 atom stereocenters. The van der Waals surface area contributed by atoms with E-state index in [1.54, 1.807) is 54.0 Å². The predicted molar refractivity (Wildman–Crippen MR) is 128 cm³/mol. The van der Waals surface area contributed by atoms with Crippen LogP contribution in [0.25, 0.3) is 0 Å². The zero-order valence-electron chi connectivity index (χ0n) is 18.3. The molecule has 4 rings (SSSR count). The van der Waals surface area contributed by atoms with E-state index in [1.807, 2.05) is 19.9 Å². The molecule has 2 aromatic carbocycles. The van der Waals surface area contributed by atoms with Crippen LogP contribution in [0.2, 0.25) is 0 Å². The highest BCUT2D eigenvalue weighted by Gasteiger charge is 2.36. The predicted octanol–water partition coefficient (Wildman–Crippen LogP) is 5.47. The Bertz CT molecular complexity index is 1260. The summed E-state index contributed by atoms with van der Waals surface area (Å²) in [6, 6.07) is 11.3. The number of sulfone groups is 1. The molecule has 0 unspecified atom stereocenters. The number of nitrogens with zero attached hydrogens (tertiary/aromatic N) is 1. The number of ether oxygens (including phenoxy) is 2. The smallest absolute Gasteiger partial charge is 0.257 e. The molecule has 33 heavy (non-hydrogen) atoms. The zero-order chi connectivity index (χ0) is 23.4. The molecule has 1 fully saturated rings. The van der Waals surface area contributed by atoms with Gasteiger partial charge in [-0.3, -0.25) is 10.1 Å². The average Bonchev–Trinajstić information content (AvgIpc) is 3.52. The summed E-state index contributed by atoms with van der Waals surface area (Å²) >= 11 is 1.32. The number of aromatic nitrogens is 1. The maximum atomic E-state index is 12.7. The van der Waals surface area contributed by atoms with Gasteiger partial charge in [0.05, 0.1) is 10.1 Å². The monoisotopic (exact) mass is 484 g/mol. The van der Waals surface area contributed by atoms with Gasteiger partial charge in [-0.1, -0.05) is 5.57 Å². The van der Waals surface area contributed by atoms with Crippen LogP contribution in [0.3, 0.4) is 0 Å². The number of rotatable bonds is 9. The van der Waals surface area contributed by atoms with E-state index >= 15 is 0 Å². The third kappa shape index (κ3) is 6.00. The molecule has 1 N–H and O–H groups in total. The Morgan fingerprint density at radius 2 is 1.85 bits per heavy atom. The van der Waals surface area contributed by atoms with Crippen LogP contribution in [-0.2, 0) is 9.84 Å². The largest absolute Gasteiger partial charge is 0.489 e. The first-order chi connectivity index (χ1) is 15.8. The maximum absolute atomic E-state index is 12.7. The summed E-state index contributed by atoms with van der Waals surface area (Å²) in [5.74, 6) is 0.986. The minimum atomic E-state index is -3.26. The molecule has 1 heterocycles. The number of anilines is 1. The molecule has 1 aliphatic rings. The molecule has 9 heteroatoms. The summed E-state index contributed by atoms with van der Waals surface area (Å²) in [6.45, 7) is 4.30. The van der Waals surface area contributed by atoms with Crippen molar-refractivity contribution in [2.45, 2.75) is 36.8 Å². The van der Waals surface area contributed by atoms with E-state index in [1.165, 1.54) is 11.3 Å². The van der Waals surface area contributed by atoms with E-state index in [0.29, 0.717) is 52.3 Å². The van der Waals surface area contributed by atoms with Crippen molar-refractivity contribution in [2.24, 2.45) is 0 Å². The van der Waals surface area contributed by atoms with E-state index in [-0.39, 0.29) is 11.2 Å². The summed E-state index contributed by atoms with van der Waals surface area (Å²) < 4.78 is 36.5. The summed E-state index contributed by atoms with van der Waals surface area (Å²) in [7, 11) is -3.26. The Morgan fingerprint density at radius 1 is 1.12 bits per heavy atom. The Kier molecular flexibility index (Phi) is 6.80. The van der Waals surface area contributed by atoms with Crippen molar-refractivity contribution < 1.29 is 22.7 Å². The summed E-state index contributed by atoms with van der Waals surface area (Å²) in [6.07, 6.45) is 4.97. The van der Waals surface area contributed by atoms with Gasteiger partial charge in [0.25, 0.3) is 5.91 Å². The van der Waals surface area contributed by atoms with Crippen LogP contribution < -0.4 is 14.8 Å². The van der Waals surface area contributed by atoms with Crippen LogP contribution in [0.5, 0.6) is 17.2 Å². The second-order valence-electron chi connectivity index (χ2n) is 7.89. The molecule has 1 amide bonds. The third-order valence-corrected chi connectivity index (χ3v) is 7.85. The number of carbonyl (C=O) groups is 1. The highest BCUT2D eigenvalue weighted by atomic mass is 32.2. The standard InChI is InChI=1S/C24H24N2O5S2/c1-16(2)9-11-30-19-13-17(23(27)26-24-25-10-12-32-24)14-20(15-19)31-18-3-5-21(6-4-18)33(28,29)22-7-8-22/h3-6,9-10,12-15,22H,7-8,11H2,1-2H3,(H,25,26,27). The fourth-order valence-electron chi connectivity index (χ4n) is 3.01. The molecular formula is C24H24N2O5S2. The van der Waals surface area contributed by atoms with Gasteiger partial charge in [0.2, 0.25) is 0 Å². The lowest BCUT2D eigenvalue weighted by Gasteiger charge is -2.12. The molecule has 172 valence electrons. The first kappa shape index (κ1) is 23.0. The summed E-state index contributed by atoms with van der Waals surface area (Å²) in [4.78, 5) is 17.1. The molecule has 1 aliphatic carbocycles. The van der Waals surface area contributed by atoms with Crippen LogP contribution in [0.1, 0.15) is 37.0 Å².